The van der Waals surface area contributed by atoms with E-state index >= 15 is 0 Å². The monoisotopic (exact) mass is 316 g/mol. The maximum Gasteiger partial charge on any atom is 0.354 e. The molecule has 0 aliphatic heterocycles. The Morgan fingerprint density at radius 1 is 1.26 bits per heavy atom. The van der Waals surface area contributed by atoms with Gasteiger partial charge in [-0.15, -0.1) is 0 Å². The smallest absolute Gasteiger partial charge is 0.354 e. The second-order valence-electron chi connectivity index (χ2n) is 4.89. The van der Waals surface area contributed by atoms with E-state index < -0.39 is 5.97 Å². The molecule has 1 atom stereocenters. The number of ether oxygens (including phenoxy) is 2. The summed E-state index contributed by atoms with van der Waals surface area (Å²) in [6.45, 7) is 3.85. The molecule has 1 unspecified atom stereocenters. The molecule has 0 spiro atoms. The van der Waals surface area contributed by atoms with E-state index in [1.165, 1.54) is 13.1 Å². The van der Waals surface area contributed by atoms with Gasteiger partial charge < -0.3 is 19.8 Å². The number of aromatic nitrogens is 1. The molecule has 2 aromatic rings. The lowest BCUT2D eigenvalue weighted by Gasteiger charge is -2.14. The van der Waals surface area contributed by atoms with Crippen LogP contribution in [0, 0.1) is 0 Å². The van der Waals surface area contributed by atoms with Crippen LogP contribution in [0.25, 0.3) is 0 Å². The number of H-pyrrole nitrogens is 1. The van der Waals surface area contributed by atoms with Crippen LogP contribution < -0.4 is 10.1 Å². The summed E-state index contributed by atoms with van der Waals surface area (Å²) in [5.41, 5.74) is 1.34. The number of hydrogen-bond donors (Lipinski definition) is 2. The van der Waals surface area contributed by atoms with Crippen molar-refractivity contribution in [3.05, 3.63) is 53.3 Å². The molecule has 0 saturated carbocycles. The van der Waals surface area contributed by atoms with Gasteiger partial charge in [-0.3, -0.25) is 4.79 Å². The van der Waals surface area contributed by atoms with E-state index in [1.54, 1.807) is 6.92 Å². The largest absolute Gasteiger partial charge is 0.484 e. The minimum atomic E-state index is -0.528. The predicted molar refractivity (Wildman–Crippen MR) is 85.6 cm³/mol. The normalized spacial score (nSPS) is 11.6. The number of benzene rings is 1. The Labute approximate surface area is 134 Å². The van der Waals surface area contributed by atoms with Crippen molar-refractivity contribution in [3.8, 4) is 5.75 Å². The van der Waals surface area contributed by atoms with Crippen molar-refractivity contribution in [2.24, 2.45) is 0 Å². The summed E-state index contributed by atoms with van der Waals surface area (Å²) >= 11 is 0. The van der Waals surface area contributed by atoms with Crippen molar-refractivity contribution in [1.29, 1.82) is 0 Å². The third-order valence-corrected chi connectivity index (χ3v) is 3.30. The van der Waals surface area contributed by atoms with Gasteiger partial charge in [-0.1, -0.05) is 30.3 Å². The zero-order chi connectivity index (χ0) is 16.8. The highest BCUT2D eigenvalue weighted by molar-refractivity contribution is 5.98. The van der Waals surface area contributed by atoms with Crippen LogP contribution in [0.5, 0.6) is 5.75 Å². The minimum absolute atomic E-state index is 0.181. The Morgan fingerprint density at radius 3 is 2.57 bits per heavy atom. The zero-order valence-corrected chi connectivity index (χ0v) is 13.4. The molecule has 0 radical (unpaired) electrons. The van der Waals surface area contributed by atoms with E-state index in [-0.39, 0.29) is 30.0 Å². The predicted octanol–water partition coefficient (Wildman–Crippen LogP) is 2.69. The number of hydrogen-bond acceptors (Lipinski definition) is 4. The highest BCUT2D eigenvalue weighted by Gasteiger charge is 2.21. The van der Waals surface area contributed by atoms with Crippen LogP contribution in [0.3, 0.4) is 0 Å². The average Bonchev–Trinajstić information content (AvgIpc) is 2.99. The van der Waals surface area contributed by atoms with Crippen LogP contribution in [-0.2, 0) is 4.74 Å². The first-order valence-corrected chi connectivity index (χ1v) is 7.40. The van der Waals surface area contributed by atoms with E-state index in [0.29, 0.717) is 5.75 Å². The fourth-order valence-electron chi connectivity index (χ4n) is 2.12. The lowest BCUT2D eigenvalue weighted by molar-refractivity contribution is 0.0520. The SMILES string of the molecule is CCOC(=O)c1cc(OC(C)c2ccccc2)c(C(=O)NC)[nH]1. The molecular formula is C17H20N2O4. The highest BCUT2D eigenvalue weighted by Crippen LogP contribution is 2.26. The van der Waals surface area contributed by atoms with E-state index in [9.17, 15) is 9.59 Å². The summed E-state index contributed by atoms with van der Waals surface area (Å²) in [6, 6.07) is 11.1. The van der Waals surface area contributed by atoms with Gasteiger partial charge in [0.25, 0.3) is 5.91 Å². The van der Waals surface area contributed by atoms with Gasteiger partial charge in [0, 0.05) is 13.1 Å². The molecule has 6 nitrogen and oxygen atoms in total. The molecule has 2 N–H and O–H groups in total. The minimum Gasteiger partial charge on any atom is -0.484 e. The topological polar surface area (TPSA) is 80.4 Å². The standard InChI is InChI=1S/C17H20N2O4/c1-4-22-17(21)13-10-14(15(19-13)16(20)18-3)23-11(2)12-8-6-5-7-9-12/h5-11,19H,4H2,1-3H3,(H,18,20). The second kappa shape index (κ2) is 7.49. The van der Waals surface area contributed by atoms with E-state index in [1.807, 2.05) is 37.3 Å². The molecule has 1 amide bonds. The van der Waals surface area contributed by atoms with Crippen molar-refractivity contribution in [2.75, 3.05) is 13.7 Å². The third kappa shape index (κ3) is 3.91. The number of carbonyl (C=O) groups excluding carboxylic acids is 2. The first-order chi connectivity index (χ1) is 11.1. The summed E-state index contributed by atoms with van der Waals surface area (Å²) in [4.78, 5) is 26.6. The van der Waals surface area contributed by atoms with Gasteiger partial charge >= 0.3 is 5.97 Å². The molecule has 0 fully saturated rings. The first-order valence-electron chi connectivity index (χ1n) is 7.40. The lowest BCUT2D eigenvalue weighted by atomic mass is 10.1. The molecule has 0 aliphatic rings. The van der Waals surface area contributed by atoms with Gasteiger partial charge in [-0.25, -0.2) is 4.79 Å². The molecule has 6 heteroatoms. The highest BCUT2D eigenvalue weighted by atomic mass is 16.5. The number of carbonyl (C=O) groups is 2. The van der Waals surface area contributed by atoms with Crippen molar-refractivity contribution in [3.63, 3.8) is 0 Å². The second-order valence-corrected chi connectivity index (χ2v) is 4.89. The molecule has 0 bridgehead atoms. The molecule has 122 valence electrons. The zero-order valence-electron chi connectivity index (χ0n) is 13.4. The Morgan fingerprint density at radius 2 is 1.96 bits per heavy atom. The summed E-state index contributed by atoms with van der Waals surface area (Å²) in [7, 11) is 1.51. The fraction of sp³-hybridized carbons (Fsp3) is 0.294. The maximum absolute atomic E-state index is 12.0. The van der Waals surface area contributed by atoms with Gasteiger partial charge in [0.05, 0.1) is 6.61 Å². The number of amides is 1. The summed E-state index contributed by atoms with van der Waals surface area (Å²) in [5.74, 6) is -0.584. The maximum atomic E-state index is 12.0. The van der Waals surface area contributed by atoms with Crippen molar-refractivity contribution < 1.29 is 19.1 Å². The van der Waals surface area contributed by atoms with E-state index in [4.69, 9.17) is 9.47 Å². The Balaban J connectivity index is 2.28. The van der Waals surface area contributed by atoms with Crippen LogP contribution in [0.4, 0.5) is 0 Å². The van der Waals surface area contributed by atoms with Crippen LogP contribution in [0.1, 0.15) is 46.5 Å². The van der Waals surface area contributed by atoms with E-state index in [0.717, 1.165) is 5.56 Å². The van der Waals surface area contributed by atoms with Crippen LogP contribution >= 0.6 is 0 Å². The summed E-state index contributed by atoms with van der Waals surface area (Å²) < 4.78 is 10.8. The Hall–Kier alpha value is -2.76. The summed E-state index contributed by atoms with van der Waals surface area (Å²) in [5, 5.41) is 2.52. The number of rotatable bonds is 6. The Bertz CT molecular complexity index is 679. The molecule has 0 saturated heterocycles. The van der Waals surface area contributed by atoms with E-state index in [2.05, 4.69) is 10.3 Å². The molecule has 2 rings (SSSR count). The van der Waals surface area contributed by atoms with Gasteiger partial charge in [0.15, 0.2) is 5.75 Å². The molecule has 1 aromatic heterocycles. The number of esters is 1. The van der Waals surface area contributed by atoms with Crippen LogP contribution in [0.15, 0.2) is 36.4 Å². The van der Waals surface area contributed by atoms with Gasteiger partial charge in [0.2, 0.25) is 0 Å². The van der Waals surface area contributed by atoms with Crippen LogP contribution in [-0.4, -0.2) is 30.5 Å². The molecule has 1 aromatic carbocycles. The molecular weight excluding hydrogens is 296 g/mol. The van der Waals surface area contributed by atoms with Gasteiger partial charge in [-0.2, -0.15) is 0 Å². The van der Waals surface area contributed by atoms with Crippen molar-refractivity contribution in [2.45, 2.75) is 20.0 Å². The van der Waals surface area contributed by atoms with Gasteiger partial charge in [0.1, 0.15) is 17.5 Å². The molecule has 23 heavy (non-hydrogen) atoms. The number of aromatic amines is 1. The lowest BCUT2D eigenvalue weighted by Crippen LogP contribution is -2.19. The van der Waals surface area contributed by atoms with Crippen molar-refractivity contribution in [1.82, 2.24) is 10.3 Å². The summed E-state index contributed by atoms with van der Waals surface area (Å²) in [6.07, 6.45) is -0.273. The quantitative estimate of drug-likeness (QED) is 0.803. The molecule has 1 heterocycles. The van der Waals surface area contributed by atoms with Crippen LogP contribution in [0.2, 0.25) is 0 Å². The average molecular weight is 316 g/mol. The van der Waals surface area contributed by atoms with Gasteiger partial charge in [-0.05, 0) is 19.4 Å². The fourth-order valence-corrected chi connectivity index (χ4v) is 2.12. The third-order valence-electron chi connectivity index (χ3n) is 3.30. The molecule has 0 aliphatic carbocycles. The Kier molecular flexibility index (Phi) is 5.41. The number of nitrogens with one attached hydrogen (secondary N) is 2. The first kappa shape index (κ1) is 16.6. The van der Waals surface area contributed by atoms with Crippen molar-refractivity contribution >= 4 is 11.9 Å².